The molecule has 0 aromatic heterocycles. The van der Waals surface area contributed by atoms with Crippen molar-refractivity contribution >= 4 is 0 Å². The van der Waals surface area contributed by atoms with Crippen LogP contribution in [0.5, 0.6) is 0 Å². The van der Waals surface area contributed by atoms with Crippen molar-refractivity contribution in [2.75, 3.05) is 0 Å². The van der Waals surface area contributed by atoms with Crippen molar-refractivity contribution in [2.24, 2.45) is 11.8 Å². The van der Waals surface area contributed by atoms with E-state index in [1.165, 1.54) is 57.8 Å². The summed E-state index contributed by atoms with van der Waals surface area (Å²) in [4.78, 5) is 4.08. The average molecular weight is 205 g/mol. The van der Waals surface area contributed by atoms with Gasteiger partial charge in [0.1, 0.15) is 0 Å². The normalized spacial score (nSPS) is 35.7. The van der Waals surface area contributed by atoms with Gasteiger partial charge in [-0.25, -0.2) is 6.57 Å². The molecule has 0 aliphatic heterocycles. The van der Waals surface area contributed by atoms with E-state index in [0.29, 0.717) is 0 Å². The van der Waals surface area contributed by atoms with Gasteiger partial charge in [-0.2, -0.15) is 0 Å². The molecule has 2 aliphatic carbocycles. The third-order valence-electron chi connectivity index (χ3n) is 4.72. The van der Waals surface area contributed by atoms with Gasteiger partial charge in [0.25, 0.3) is 0 Å². The van der Waals surface area contributed by atoms with Crippen molar-refractivity contribution < 1.29 is 0 Å². The maximum atomic E-state index is 7.56. The van der Waals surface area contributed by atoms with Crippen LogP contribution in [0.4, 0.5) is 0 Å². The Kier molecular flexibility index (Phi) is 3.34. The first-order valence-corrected chi connectivity index (χ1v) is 6.65. The minimum absolute atomic E-state index is 0.0678. The lowest BCUT2D eigenvalue weighted by Gasteiger charge is -2.37. The Balaban J connectivity index is 2.03. The first-order valence-electron chi connectivity index (χ1n) is 6.65. The van der Waals surface area contributed by atoms with Crippen LogP contribution >= 0.6 is 0 Å². The van der Waals surface area contributed by atoms with Gasteiger partial charge >= 0.3 is 0 Å². The lowest BCUT2D eigenvalue weighted by atomic mass is 9.66. The molecule has 84 valence electrons. The molecule has 0 atom stereocenters. The van der Waals surface area contributed by atoms with E-state index in [2.05, 4.69) is 11.8 Å². The molecule has 2 aliphatic rings. The highest BCUT2D eigenvalue weighted by atomic mass is 14.8. The predicted octanol–water partition coefficient (Wildman–Crippen LogP) is 4.43. The smallest absolute Gasteiger partial charge is 0.235 e. The second kappa shape index (κ2) is 4.56. The van der Waals surface area contributed by atoms with E-state index in [1.54, 1.807) is 0 Å². The maximum Gasteiger partial charge on any atom is 0.235 e. The van der Waals surface area contributed by atoms with Gasteiger partial charge in [-0.3, -0.25) is 0 Å². The van der Waals surface area contributed by atoms with Crippen LogP contribution < -0.4 is 0 Å². The third kappa shape index (κ3) is 2.19. The van der Waals surface area contributed by atoms with E-state index >= 15 is 0 Å². The molecule has 1 nitrogen and oxygen atoms in total. The standard InChI is InChI=1S/C14H23N/c1-12-6-8-13(9-7-12)14(15-2)10-4-3-5-11-14/h12-13H,3-11H2,1H3. The highest BCUT2D eigenvalue weighted by molar-refractivity contribution is 5.05. The van der Waals surface area contributed by atoms with Crippen LogP contribution in [0.15, 0.2) is 0 Å². The summed E-state index contributed by atoms with van der Waals surface area (Å²) in [5.74, 6) is 1.64. The van der Waals surface area contributed by atoms with Gasteiger partial charge in [0.15, 0.2) is 0 Å². The lowest BCUT2D eigenvalue weighted by Crippen LogP contribution is -2.38. The van der Waals surface area contributed by atoms with Crippen LogP contribution in [0.2, 0.25) is 0 Å². The predicted molar refractivity (Wildman–Crippen MR) is 63.5 cm³/mol. The van der Waals surface area contributed by atoms with Gasteiger partial charge in [-0.05, 0) is 31.6 Å². The van der Waals surface area contributed by atoms with Crippen molar-refractivity contribution in [3.05, 3.63) is 11.4 Å². The molecular weight excluding hydrogens is 182 g/mol. The number of hydrogen-bond acceptors (Lipinski definition) is 0. The summed E-state index contributed by atoms with van der Waals surface area (Å²) in [6, 6.07) is 0. The SMILES string of the molecule is [C-]#[N+]C1(C2CCC(C)CC2)CCCCC1. The Morgan fingerprint density at radius 3 is 2.13 bits per heavy atom. The van der Waals surface area contributed by atoms with Crippen LogP contribution in [0.3, 0.4) is 0 Å². The van der Waals surface area contributed by atoms with Crippen LogP contribution in [-0.4, -0.2) is 5.54 Å². The fraction of sp³-hybridized carbons (Fsp3) is 0.929. The fourth-order valence-corrected chi connectivity index (χ4v) is 3.57. The van der Waals surface area contributed by atoms with E-state index in [9.17, 15) is 0 Å². The quantitative estimate of drug-likeness (QED) is 0.558. The Hall–Kier alpha value is -0.510. The molecule has 0 unspecified atom stereocenters. The monoisotopic (exact) mass is 205 g/mol. The van der Waals surface area contributed by atoms with Crippen molar-refractivity contribution in [1.29, 1.82) is 0 Å². The molecule has 0 spiro atoms. The van der Waals surface area contributed by atoms with Crippen molar-refractivity contribution in [1.82, 2.24) is 0 Å². The average Bonchev–Trinajstić information content (AvgIpc) is 2.31. The minimum atomic E-state index is 0.0678. The Morgan fingerprint density at radius 1 is 1.00 bits per heavy atom. The van der Waals surface area contributed by atoms with Crippen LogP contribution in [0.1, 0.15) is 64.7 Å². The van der Waals surface area contributed by atoms with Crippen LogP contribution in [-0.2, 0) is 0 Å². The van der Waals surface area contributed by atoms with Crippen LogP contribution in [0.25, 0.3) is 4.85 Å². The van der Waals surface area contributed by atoms with Gasteiger partial charge in [-0.1, -0.05) is 26.2 Å². The Labute approximate surface area is 94.1 Å². The molecule has 0 heterocycles. The highest BCUT2D eigenvalue weighted by Gasteiger charge is 2.46. The van der Waals surface area contributed by atoms with E-state index in [0.717, 1.165) is 11.8 Å². The van der Waals surface area contributed by atoms with Gasteiger partial charge in [-0.15, -0.1) is 0 Å². The minimum Gasteiger partial charge on any atom is -0.310 e. The first kappa shape index (κ1) is 11.0. The molecule has 2 rings (SSSR count). The number of rotatable bonds is 1. The second-order valence-electron chi connectivity index (χ2n) is 5.73. The topological polar surface area (TPSA) is 4.36 Å². The third-order valence-corrected chi connectivity index (χ3v) is 4.72. The van der Waals surface area contributed by atoms with Crippen molar-refractivity contribution in [2.45, 2.75) is 70.3 Å². The van der Waals surface area contributed by atoms with E-state index in [-0.39, 0.29) is 5.54 Å². The molecule has 2 fully saturated rings. The zero-order chi connectivity index (χ0) is 10.7. The highest BCUT2D eigenvalue weighted by Crippen LogP contribution is 2.45. The number of nitrogens with zero attached hydrogens (tertiary/aromatic N) is 1. The molecule has 2 saturated carbocycles. The largest absolute Gasteiger partial charge is 0.310 e. The van der Waals surface area contributed by atoms with Gasteiger partial charge < -0.3 is 4.85 Å². The zero-order valence-corrected chi connectivity index (χ0v) is 9.97. The van der Waals surface area contributed by atoms with Crippen molar-refractivity contribution in [3.63, 3.8) is 0 Å². The molecular formula is C14H23N. The molecule has 0 amide bonds. The molecule has 0 aromatic carbocycles. The number of hydrogen-bond donors (Lipinski definition) is 0. The molecule has 0 N–H and O–H groups in total. The maximum absolute atomic E-state index is 7.56. The summed E-state index contributed by atoms with van der Waals surface area (Å²) < 4.78 is 0. The summed E-state index contributed by atoms with van der Waals surface area (Å²) >= 11 is 0. The Bertz CT molecular complexity index is 237. The second-order valence-corrected chi connectivity index (χ2v) is 5.73. The summed E-state index contributed by atoms with van der Waals surface area (Å²) in [6.07, 6.45) is 11.7. The molecule has 1 heteroatoms. The fourth-order valence-electron chi connectivity index (χ4n) is 3.57. The summed E-state index contributed by atoms with van der Waals surface area (Å²) in [7, 11) is 0. The molecule has 0 saturated heterocycles. The van der Waals surface area contributed by atoms with E-state index in [4.69, 9.17) is 6.57 Å². The zero-order valence-electron chi connectivity index (χ0n) is 9.97. The van der Waals surface area contributed by atoms with E-state index < -0.39 is 0 Å². The van der Waals surface area contributed by atoms with Crippen LogP contribution in [0, 0.1) is 18.4 Å². The molecule has 15 heavy (non-hydrogen) atoms. The van der Waals surface area contributed by atoms with Gasteiger partial charge in [0.05, 0.1) is 0 Å². The van der Waals surface area contributed by atoms with Gasteiger partial charge in [0.2, 0.25) is 5.54 Å². The van der Waals surface area contributed by atoms with E-state index in [1.807, 2.05) is 0 Å². The summed E-state index contributed by atoms with van der Waals surface area (Å²) in [6.45, 7) is 9.92. The molecule has 0 aromatic rings. The Morgan fingerprint density at radius 2 is 1.60 bits per heavy atom. The van der Waals surface area contributed by atoms with Gasteiger partial charge in [0, 0.05) is 18.8 Å². The first-order chi connectivity index (χ1) is 7.27. The lowest BCUT2D eigenvalue weighted by molar-refractivity contribution is 0.168. The van der Waals surface area contributed by atoms with Crippen molar-refractivity contribution in [3.8, 4) is 0 Å². The summed E-state index contributed by atoms with van der Waals surface area (Å²) in [5, 5.41) is 0. The molecule has 0 radical (unpaired) electrons. The summed E-state index contributed by atoms with van der Waals surface area (Å²) in [5.41, 5.74) is 0.0678. The molecule has 0 bridgehead atoms.